The van der Waals surface area contributed by atoms with Gasteiger partial charge >= 0.3 is 0 Å². The molecule has 0 fully saturated rings. The summed E-state index contributed by atoms with van der Waals surface area (Å²) in [5.74, 6) is 1.62. The van der Waals surface area contributed by atoms with Crippen LogP contribution in [0.25, 0.3) is 27.5 Å². The normalized spacial score (nSPS) is 10.7. The number of nitriles is 1. The molecule has 0 aliphatic heterocycles. The fourth-order valence-corrected chi connectivity index (χ4v) is 3.61. The van der Waals surface area contributed by atoms with Crippen molar-refractivity contribution >= 4 is 16.2 Å². The number of ether oxygens (including phenoxy) is 1. The van der Waals surface area contributed by atoms with Crippen LogP contribution < -0.4 is 4.74 Å². The lowest BCUT2D eigenvalue weighted by atomic mass is 10.1. The first kappa shape index (κ1) is 14.5. The summed E-state index contributed by atoms with van der Waals surface area (Å²) in [5.41, 5.74) is 3.39. The van der Waals surface area contributed by atoms with Crippen LogP contribution in [-0.4, -0.2) is 16.5 Å². The van der Waals surface area contributed by atoms with Crippen molar-refractivity contribution in [3.05, 3.63) is 65.7 Å². The highest BCUT2D eigenvalue weighted by molar-refractivity contribution is 7.16. The standard InChI is InChI=1S/C19H13N3OS/c1-23-16-8-3-2-7-15(16)17-19-22(9-10-24-19)18(21-17)14-6-4-5-13(11-14)12-20/h2-11H,1H3. The number of nitrogens with zero attached hydrogens (tertiary/aromatic N) is 3. The van der Waals surface area contributed by atoms with Gasteiger partial charge in [-0.3, -0.25) is 4.40 Å². The molecule has 0 atom stereocenters. The predicted octanol–water partition coefficient (Wildman–Crippen LogP) is 4.61. The van der Waals surface area contributed by atoms with E-state index in [0.717, 1.165) is 33.2 Å². The van der Waals surface area contributed by atoms with E-state index in [-0.39, 0.29) is 0 Å². The van der Waals surface area contributed by atoms with Crippen molar-refractivity contribution in [1.29, 1.82) is 5.26 Å². The van der Waals surface area contributed by atoms with E-state index in [2.05, 4.69) is 10.5 Å². The van der Waals surface area contributed by atoms with Crippen LogP contribution in [0.15, 0.2) is 60.1 Å². The van der Waals surface area contributed by atoms with Gasteiger partial charge in [-0.25, -0.2) is 4.98 Å². The van der Waals surface area contributed by atoms with Crippen LogP contribution in [0.4, 0.5) is 0 Å². The second-order valence-corrected chi connectivity index (χ2v) is 6.15. The quantitative estimate of drug-likeness (QED) is 0.551. The van der Waals surface area contributed by atoms with E-state index >= 15 is 0 Å². The lowest BCUT2D eigenvalue weighted by Gasteiger charge is -2.05. The summed E-state index contributed by atoms with van der Waals surface area (Å²) in [6.07, 6.45) is 2.00. The summed E-state index contributed by atoms with van der Waals surface area (Å²) in [5, 5.41) is 11.2. The van der Waals surface area contributed by atoms with Gasteiger partial charge in [-0.15, -0.1) is 11.3 Å². The van der Waals surface area contributed by atoms with Crippen LogP contribution in [-0.2, 0) is 0 Å². The first-order valence-electron chi connectivity index (χ1n) is 7.41. The zero-order chi connectivity index (χ0) is 16.5. The van der Waals surface area contributed by atoms with Gasteiger partial charge in [0.25, 0.3) is 0 Å². The molecular formula is C19H13N3OS. The second-order valence-electron chi connectivity index (χ2n) is 5.26. The zero-order valence-corrected chi connectivity index (χ0v) is 13.7. The van der Waals surface area contributed by atoms with Crippen LogP contribution in [0.2, 0.25) is 0 Å². The number of rotatable bonds is 3. The van der Waals surface area contributed by atoms with Crippen molar-refractivity contribution < 1.29 is 4.74 Å². The molecule has 2 aromatic carbocycles. The molecule has 2 aromatic heterocycles. The topological polar surface area (TPSA) is 50.3 Å². The van der Waals surface area contributed by atoms with Gasteiger partial charge in [-0.1, -0.05) is 24.3 Å². The molecule has 2 heterocycles. The molecule has 0 saturated carbocycles. The molecule has 0 aliphatic rings. The number of imidazole rings is 1. The Morgan fingerprint density at radius 3 is 2.88 bits per heavy atom. The molecule has 4 rings (SSSR count). The number of hydrogen-bond donors (Lipinski definition) is 0. The molecule has 0 N–H and O–H groups in total. The van der Waals surface area contributed by atoms with E-state index in [4.69, 9.17) is 15.0 Å². The third kappa shape index (κ3) is 2.25. The smallest absolute Gasteiger partial charge is 0.145 e. The highest BCUT2D eigenvalue weighted by Gasteiger charge is 2.18. The molecule has 0 aliphatic carbocycles. The Hall–Kier alpha value is -3.10. The third-order valence-corrected chi connectivity index (χ3v) is 4.74. The Kier molecular flexibility index (Phi) is 3.52. The van der Waals surface area contributed by atoms with Crippen LogP contribution in [0.5, 0.6) is 5.75 Å². The number of para-hydroxylation sites is 1. The molecular weight excluding hydrogens is 318 g/mol. The van der Waals surface area contributed by atoms with E-state index in [1.165, 1.54) is 0 Å². The van der Waals surface area contributed by atoms with Crippen LogP contribution in [0, 0.1) is 11.3 Å². The molecule has 4 aromatic rings. The van der Waals surface area contributed by atoms with E-state index in [1.54, 1.807) is 24.5 Å². The van der Waals surface area contributed by atoms with Crippen molar-refractivity contribution in [2.75, 3.05) is 7.11 Å². The number of hydrogen-bond acceptors (Lipinski definition) is 4. The lowest BCUT2D eigenvalue weighted by molar-refractivity contribution is 0.416. The molecule has 4 nitrogen and oxygen atoms in total. The van der Waals surface area contributed by atoms with Crippen LogP contribution in [0.3, 0.4) is 0 Å². The Bertz CT molecular complexity index is 1070. The zero-order valence-electron chi connectivity index (χ0n) is 12.9. The maximum absolute atomic E-state index is 9.14. The van der Waals surface area contributed by atoms with Crippen molar-refractivity contribution in [3.63, 3.8) is 0 Å². The van der Waals surface area contributed by atoms with Gasteiger partial charge in [0.1, 0.15) is 22.1 Å². The molecule has 0 spiro atoms. The largest absolute Gasteiger partial charge is 0.496 e. The van der Waals surface area contributed by atoms with Crippen LogP contribution >= 0.6 is 11.3 Å². The van der Waals surface area contributed by atoms with E-state index in [1.807, 2.05) is 54.0 Å². The number of benzene rings is 2. The molecule has 0 amide bonds. The van der Waals surface area contributed by atoms with Gasteiger partial charge < -0.3 is 4.74 Å². The number of aromatic nitrogens is 2. The monoisotopic (exact) mass is 331 g/mol. The summed E-state index contributed by atoms with van der Waals surface area (Å²) < 4.78 is 7.55. The molecule has 0 radical (unpaired) electrons. The average Bonchev–Trinajstić information content (AvgIpc) is 3.24. The van der Waals surface area contributed by atoms with Gasteiger partial charge in [0, 0.05) is 22.7 Å². The van der Waals surface area contributed by atoms with Gasteiger partial charge in [-0.05, 0) is 24.3 Å². The molecule has 24 heavy (non-hydrogen) atoms. The van der Waals surface area contributed by atoms with Crippen molar-refractivity contribution in [1.82, 2.24) is 9.38 Å². The minimum absolute atomic E-state index is 0.623. The van der Waals surface area contributed by atoms with Gasteiger partial charge in [0.05, 0.1) is 18.7 Å². The van der Waals surface area contributed by atoms with E-state index in [0.29, 0.717) is 5.56 Å². The van der Waals surface area contributed by atoms with Gasteiger partial charge in [0.2, 0.25) is 0 Å². The Morgan fingerprint density at radius 1 is 1.17 bits per heavy atom. The predicted molar refractivity (Wildman–Crippen MR) is 95.2 cm³/mol. The minimum Gasteiger partial charge on any atom is -0.496 e. The van der Waals surface area contributed by atoms with Crippen molar-refractivity contribution in [2.45, 2.75) is 0 Å². The number of methoxy groups -OCH3 is 1. The molecule has 0 unspecified atom stereocenters. The highest BCUT2D eigenvalue weighted by atomic mass is 32.1. The molecule has 0 bridgehead atoms. The van der Waals surface area contributed by atoms with E-state index in [9.17, 15) is 0 Å². The summed E-state index contributed by atoms with van der Waals surface area (Å²) >= 11 is 1.63. The van der Waals surface area contributed by atoms with E-state index < -0.39 is 0 Å². The molecule has 5 heteroatoms. The summed E-state index contributed by atoms with van der Waals surface area (Å²) in [7, 11) is 1.66. The summed E-state index contributed by atoms with van der Waals surface area (Å²) in [4.78, 5) is 5.91. The first-order chi connectivity index (χ1) is 11.8. The Labute approximate surface area is 143 Å². The summed E-state index contributed by atoms with van der Waals surface area (Å²) in [6.45, 7) is 0. The highest BCUT2D eigenvalue weighted by Crippen LogP contribution is 2.36. The molecule has 116 valence electrons. The Balaban J connectivity index is 1.97. The fourth-order valence-electron chi connectivity index (χ4n) is 2.77. The Morgan fingerprint density at radius 2 is 2.04 bits per heavy atom. The van der Waals surface area contributed by atoms with Crippen molar-refractivity contribution in [2.24, 2.45) is 0 Å². The number of fused-ring (bicyclic) bond motifs is 1. The first-order valence-corrected chi connectivity index (χ1v) is 8.29. The third-order valence-electron chi connectivity index (χ3n) is 3.87. The van der Waals surface area contributed by atoms with Crippen molar-refractivity contribution in [3.8, 4) is 34.5 Å². The van der Waals surface area contributed by atoms with Crippen LogP contribution in [0.1, 0.15) is 5.56 Å². The number of thiazole rings is 1. The average molecular weight is 331 g/mol. The lowest BCUT2D eigenvalue weighted by Crippen LogP contribution is -1.88. The van der Waals surface area contributed by atoms with Gasteiger partial charge in [-0.2, -0.15) is 5.26 Å². The summed E-state index contributed by atoms with van der Waals surface area (Å²) in [6, 6.07) is 17.6. The minimum atomic E-state index is 0.623. The maximum Gasteiger partial charge on any atom is 0.145 e. The SMILES string of the molecule is COc1ccccc1-c1nc(-c2cccc(C#N)c2)n2ccsc12. The fraction of sp³-hybridized carbons (Fsp3) is 0.0526. The molecule has 0 saturated heterocycles. The second kappa shape index (κ2) is 5.84. The maximum atomic E-state index is 9.14. The van der Waals surface area contributed by atoms with Gasteiger partial charge in [0.15, 0.2) is 0 Å².